The molecular formula is C19H28F2N4. The summed E-state index contributed by atoms with van der Waals surface area (Å²) < 4.78 is 26.6. The number of guanidine groups is 1. The fourth-order valence-corrected chi connectivity index (χ4v) is 3.37. The van der Waals surface area contributed by atoms with Gasteiger partial charge in [0.05, 0.1) is 0 Å². The summed E-state index contributed by atoms with van der Waals surface area (Å²) in [6, 6.07) is 4.99. The van der Waals surface area contributed by atoms with Gasteiger partial charge in [0.2, 0.25) is 0 Å². The number of nitrogens with one attached hydrogen (secondary N) is 2. The van der Waals surface area contributed by atoms with Gasteiger partial charge in [0, 0.05) is 44.3 Å². The van der Waals surface area contributed by atoms with E-state index in [2.05, 4.69) is 20.5 Å². The summed E-state index contributed by atoms with van der Waals surface area (Å²) in [5.41, 5.74) is 0.499. The second-order valence-corrected chi connectivity index (χ2v) is 6.93. The number of rotatable bonds is 6. The van der Waals surface area contributed by atoms with Crippen molar-refractivity contribution in [3.05, 3.63) is 35.4 Å². The van der Waals surface area contributed by atoms with E-state index in [0.717, 1.165) is 50.5 Å². The van der Waals surface area contributed by atoms with Gasteiger partial charge in [-0.25, -0.2) is 8.78 Å². The first kappa shape index (κ1) is 18.1. The van der Waals surface area contributed by atoms with Gasteiger partial charge < -0.3 is 15.5 Å². The summed E-state index contributed by atoms with van der Waals surface area (Å²) in [4.78, 5) is 7.15. The fourth-order valence-electron chi connectivity index (χ4n) is 3.37. The van der Waals surface area contributed by atoms with E-state index in [1.165, 1.54) is 25.0 Å². The van der Waals surface area contributed by atoms with Crippen molar-refractivity contribution in [3.63, 3.8) is 0 Å². The highest BCUT2D eigenvalue weighted by atomic mass is 19.1. The van der Waals surface area contributed by atoms with Crippen LogP contribution in [0.5, 0.6) is 0 Å². The molecule has 1 aliphatic carbocycles. The maximum atomic E-state index is 13.7. The topological polar surface area (TPSA) is 39.7 Å². The van der Waals surface area contributed by atoms with E-state index < -0.39 is 11.6 Å². The predicted molar refractivity (Wildman–Crippen MR) is 96.8 cm³/mol. The number of likely N-dealkylation sites (tertiary alicyclic amines) is 1. The van der Waals surface area contributed by atoms with E-state index in [1.54, 1.807) is 0 Å². The molecule has 2 N–H and O–H groups in total. The molecule has 4 nitrogen and oxygen atoms in total. The minimum absolute atomic E-state index is 0.440. The third kappa shape index (κ3) is 5.39. The predicted octanol–water partition coefficient (Wildman–Crippen LogP) is 2.69. The number of benzene rings is 1. The molecule has 0 amide bonds. The zero-order chi connectivity index (χ0) is 17.6. The summed E-state index contributed by atoms with van der Waals surface area (Å²) in [5, 5.41) is 6.76. The number of halogens is 2. The number of hydrogen-bond acceptors (Lipinski definition) is 2. The Morgan fingerprint density at radius 3 is 2.60 bits per heavy atom. The largest absolute Gasteiger partial charge is 0.357 e. The molecule has 6 heteroatoms. The maximum Gasteiger partial charge on any atom is 0.191 e. The normalized spacial score (nSPS) is 19.9. The SMILES string of the molecule is CCNC(=NCCc1ccc(F)cc1F)NC1CCN(C2CC2)CC1. The smallest absolute Gasteiger partial charge is 0.191 e. The molecule has 0 bridgehead atoms. The molecule has 1 aromatic rings. The van der Waals surface area contributed by atoms with Crippen molar-refractivity contribution in [2.24, 2.45) is 4.99 Å². The van der Waals surface area contributed by atoms with Crippen LogP contribution in [0.4, 0.5) is 8.78 Å². The number of aliphatic imine (C=N–C) groups is 1. The molecule has 0 unspecified atom stereocenters. The Labute approximate surface area is 148 Å². The summed E-state index contributed by atoms with van der Waals surface area (Å²) in [7, 11) is 0. The first-order valence-electron chi connectivity index (χ1n) is 9.38. The van der Waals surface area contributed by atoms with Crippen molar-refractivity contribution >= 4 is 5.96 Å². The molecule has 25 heavy (non-hydrogen) atoms. The van der Waals surface area contributed by atoms with Crippen LogP contribution >= 0.6 is 0 Å². The standard InChI is InChI=1S/C19H28F2N4/c1-2-22-19(23-10-7-14-3-4-15(20)13-18(14)21)24-16-8-11-25(12-9-16)17-5-6-17/h3-4,13,16-17H,2,5-12H2,1H3,(H2,22,23,24). The first-order valence-corrected chi connectivity index (χ1v) is 9.38. The van der Waals surface area contributed by atoms with Gasteiger partial charge in [-0.3, -0.25) is 4.99 Å². The van der Waals surface area contributed by atoms with Gasteiger partial charge in [-0.2, -0.15) is 0 Å². The minimum atomic E-state index is -0.544. The van der Waals surface area contributed by atoms with E-state index in [4.69, 9.17) is 0 Å². The average Bonchev–Trinajstić information content (AvgIpc) is 3.43. The van der Waals surface area contributed by atoms with Gasteiger partial charge >= 0.3 is 0 Å². The van der Waals surface area contributed by atoms with Gasteiger partial charge in [0.1, 0.15) is 11.6 Å². The van der Waals surface area contributed by atoms with Crippen LogP contribution < -0.4 is 10.6 Å². The van der Waals surface area contributed by atoms with E-state index in [-0.39, 0.29) is 0 Å². The average molecular weight is 350 g/mol. The number of hydrogen-bond donors (Lipinski definition) is 2. The molecule has 138 valence electrons. The van der Waals surface area contributed by atoms with Gasteiger partial charge in [-0.15, -0.1) is 0 Å². The highest BCUT2D eigenvalue weighted by molar-refractivity contribution is 5.80. The van der Waals surface area contributed by atoms with E-state index >= 15 is 0 Å². The molecule has 3 rings (SSSR count). The molecule has 0 aromatic heterocycles. The zero-order valence-corrected chi connectivity index (χ0v) is 14.9. The Morgan fingerprint density at radius 2 is 1.96 bits per heavy atom. The van der Waals surface area contributed by atoms with Crippen molar-refractivity contribution in [1.82, 2.24) is 15.5 Å². The van der Waals surface area contributed by atoms with Crippen molar-refractivity contribution in [2.45, 2.75) is 51.1 Å². The molecule has 1 aliphatic heterocycles. The lowest BCUT2D eigenvalue weighted by atomic mass is 10.1. The molecule has 1 aromatic carbocycles. The summed E-state index contributed by atoms with van der Waals surface area (Å²) >= 11 is 0. The quantitative estimate of drug-likeness (QED) is 0.612. The van der Waals surface area contributed by atoms with Crippen LogP contribution in [0.1, 0.15) is 38.2 Å². The maximum absolute atomic E-state index is 13.7. The lowest BCUT2D eigenvalue weighted by Crippen LogP contribution is -2.49. The molecule has 1 saturated carbocycles. The van der Waals surface area contributed by atoms with Crippen molar-refractivity contribution in [2.75, 3.05) is 26.2 Å². The van der Waals surface area contributed by atoms with Crippen molar-refractivity contribution in [1.29, 1.82) is 0 Å². The zero-order valence-electron chi connectivity index (χ0n) is 14.9. The van der Waals surface area contributed by atoms with E-state index in [1.807, 2.05) is 6.92 Å². The Kier molecular flexibility index (Phi) is 6.24. The fraction of sp³-hybridized carbons (Fsp3) is 0.632. The molecule has 0 spiro atoms. The highest BCUT2D eigenvalue weighted by Gasteiger charge is 2.31. The van der Waals surface area contributed by atoms with Crippen LogP contribution in [0.15, 0.2) is 23.2 Å². The first-order chi connectivity index (χ1) is 12.2. The number of piperidine rings is 1. The molecule has 1 saturated heterocycles. The summed E-state index contributed by atoms with van der Waals surface area (Å²) in [5.74, 6) is -0.257. The van der Waals surface area contributed by atoms with Gasteiger partial charge in [-0.05, 0) is 50.7 Å². The van der Waals surface area contributed by atoms with Gasteiger partial charge in [-0.1, -0.05) is 6.07 Å². The minimum Gasteiger partial charge on any atom is -0.357 e. The van der Waals surface area contributed by atoms with Crippen LogP contribution in [-0.2, 0) is 6.42 Å². The van der Waals surface area contributed by atoms with Crippen molar-refractivity contribution in [3.8, 4) is 0 Å². The highest BCUT2D eigenvalue weighted by Crippen LogP contribution is 2.29. The number of nitrogens with zero attached hydrogens (tertiary/aromatic N) is 2. The Hall–Kier alpha value is -1.69. The monoisotopic (exact) mass is 350 g/mol. The Morgan fingerprint density at radius 1 is 1.20 bits per heavy atom. The molecular weight excluding hydrogens is 322 g/mol. The second kappa shape index (κ2) is 8.61. The third-order valence-electron chi connectivity index (χ3n) is 4.94. The lowest BCUT2D eigenvalue weighted by molar-refractivity contribution is 0.197. The molecule has 0 atom stereocenters. The molecule has 1 heterocycles. The second-order valence-electron chi connectivity index (χ2n) is 6.93. The van der Waals surface area contributed by atoms with Crippen LogP contribution in [0.25, 0.3) is 0 Å². The summed E-state index contributed by atoms with van der Waals surface area (Å²) in [6.45, 7) is 5.61. The lowest BCUT2D eigenvalue weighted by Gasteiger charge is -2.33. The van der Waals surface area contributed by atoms with E-state index in [0.29, 0.717) is 24.6 Å². The van der Waals surface area contributed by atoms with E-state index in [9.17, 15) is 8.78 Å². The van der Waals surface area contributed by atoms with Crippen LogP contribution in [-0.4, -0.2) is 49.1 Å². The molecule has 2 fully saturated rings. The van der Waals surface area contributed by atoms with Crippen molar-refractivity contribution < 1.29 is 8.78 Å². The van der Waals surface area contributed by atoms with Crippen LogP contribution in [0.3, 0.4) is 0 Å². The molecule has 0 radical (unpaired) electrons. The summed E-state index contributed by atoms with van der Waals surface area (Å²) in [6.07, 6.45) is 5.45. The third-order valence-corrected chi connectivity index (χ3v) is 4.94. The van der Waals surface area contributed by atoms with Crippen LogP contribution in [0.2, 0.25) is 0 Å². The van der Waals surface area contributed by atoms with Gasteiger partial charge in [0.25, 0.3) is 0 Å². The Bertz CT molecular complexity index is 593. The van der Waals surface area contributed by atoms with Gasteiger partial charge in [0.15, 0.2) is 5.96 Å². The Balaban J connectivity index is 1.48. The molecule has 2 aliphatic rings. The van der Waals surface area contributed by atoms with Crippen LogP contribution in [0, 0.1) is 11.6 Å².